The highest BCUT2D eigenvalue weighted by atomic mass is 32.2. The zero-order valence-electron chi connectivity index (χ0n) is 22.2. The number of likely N-dealkylation sites (N-methyl/N-ethyl adjacent to an activating group) is 1. The summed E-state index contributed by atoms with van der Waals surface area (Å²) in [4.78, 5) is 21.1. The summed E-state index contributed by atoms with van der Waals surface area (Å²) < 4.78 is 0. The fourth-order valence-electron chi connectivity index (χ4n) is 4.54. The second-order valence-electron chi connectivity index (χ2n) is 8.78. The number of fused-ring (bicyclic) bond motifs is 1. The van der Waals surface area contributed by atoms with Gasteiger partial charge in [-0.2, -0.15) is 15.8 Å². The van der Waals surface area contributed by atoms with Crippen molar-refractivity contribution in [2.45, 2.75) is 30.9 Å². The van der Waals surface area contributed by atoms with Gasteiger partial charge < -0.3 is 9.80 Å². The van der Waals surface area contributed by atoms with E-state index in [0.717, 1.165) is 23.7 Å². The lowest BCUT2D eigenvalue weighted by molar-refractivity contribution is -0.122. The molecule has 1 unspecified atom stereocenters. The molecule has 0 aliphatic carbocycles. The van der Waals surface area contributed by atoms with Gasteiger partial charge in [-0.3, -0.25) is 4.79 Å². The first-order valence-electron chi connectivity index (χ1n) is 12.5. The van der Waals surface area contributed by atoms with Crippen molar-refractivity contribution in [3.63, 3.8) is 0 Å². The van der Waals surface area contributed by atoms with Crippen molar-refractivity contribution in [3.05, 3.63) is 80.2 Å². The molecule has 3 heterocycles. The van der Waals surface area contributed by atoms with Crippen LogP contribution in [-0.4, -0.2) is 36.7 Å². The highest BCUT2D eigenvalue weighted by Crippen LogP contribution is 2.48. The van der Waals surface area contributed by atoms with Crippen molar-refractivity contribution < 1.29 is 4.79 Å². The SMILES string of the molecule is CCN(CC)c1ccc(/C2=C/CSc3cc(/C=C/C4=C(C#N)C(=C(C#N)C#N)N(C)C4=O)sc3C(C)S2)cc1. The summed E-state index contributed by atoms with van der Waals surface area (Å²) in [6.07, 6.45) is 5.76. The van der Waals surface area contributed by atoms with Crippen LogP contribution in [-0.2, 0) is 4.79 Å². The first kappa shape index (κ1) is 28.3. The molecule has 39 heavy (non-hydrogen) atoms. The first-order chi connectivity index (χ1) is 18.9. The monoisotopic (exact) mass is 569 g/mol. The van der Waals surface area contributed by atoms with Crippen LogP contribution in [0.25, 0.3) is 11.0 Å². The number of benzene rings is 1. The Morgan fingerprint density at radius 3 is 2.44 bits per heavy atom. The fraction of sp³-hybridized carbons (Fsp3) is 0.267. The number of rotatable bonds is 6. The van der Waals surface area contributed by atoms with Crippen molar-refractivity contribution >= 4 is 57.4 Å². The van der Waals surface area contributed by atoms with Gasteiger partial charge in [0.25, 0.3) is 5.91 Å². The van der Waals surface area contributed by atoms with E-state index in [-0.39, 0.29) is 27.7 Å². The Morgan fingerprint density at radius 2 is 1.82 bits per heavy atom. The van der Waals surface area contributed by atoms with Gasteiger partial charge in [0, 0.05) is 56.4 Å². The highest BCUT2D eigenvalue weighted by Gasteiger charge is 2.34. The second kappa shape index (κ2) is 12.5. The van der Waals surface area contributed by atoms with Gasteiger partial charge in [0.1, 0.15) is 18.2 Å². The van der Waals surface area contributed by atoms with Gasteiger partial charge in [-0.15, -0.1) is 34.9 Å². The maximum atomic E-state index is 12.8. The molecular formula is C30H27N5OS3. The zero-order chi connectivity index (χ0) is 28.1. The number of allylic oxidation sites excluding steroid dienone is 2. The number of hydrogen-bond acceptors (Lipinski definition) is 8. The van der Waals surface area contributed by atoms with Crippen LogP contribution in [0.1, 0.15) is 41.3 Å². The summed E-state index contributed by atoms with van der Waals surface area (Å²) >= 11 is 5.32. The van der Waals surface area contributed by atoms with Crippen LogP contribution >= 0.6 is 34.9 Å². The quantitative estimate of drug-likeness (QED) is 0.341. The van der Waals surface area contributed by atoms with Crippen molar-refractivity contribution in [3.8, 4) is 18.2 Å². The maximum Gasteiger partial charge on any atom is 0.259 e. The van der Waals surface area contributed by atoms with Gasteiger partial charge in [-0.25, -0.2) is 0 Å². The van der Waals surface area contributed by atoms with Gasteiger partial charge in [0.2, 0.25) is 0 Å². The molecular weight excluding hydrogens is 543 g/mol. The maximum absolute atomic E-state index is 12.8. The lowest BCUT2D eigenvalue weighted by Gasteiger charge is -2.22. The largest absolute Gasteiger partial charge is 0.372 e. The molecule has 1 aromatic heterocycles. The minimum Gasteiger partial charge on any atom is -0.372 e. The molecule has 2 aliphatic heterocycles. The van der Waals surface area contributed by atoms with Crippen LogP contribution in [0.2, 0.25) is 0 Å². The van der Waals surface area contributed by atoms with Crippen LogP contribution < -0.4 is 4.90 Å². The van der Waals surface area contributed by atoms with E-state index < -0.39 is 5.91 Å². The van der Waals surface area contributed by atoms with Crippen molar-refractivity contribution in [2.75, 3.05) is 30.8 Å². The molecule has 0 saturated heterocycles. The summed E-state index contributed by atoms with van der Waals surface area (Å²) in [5.74, 6) is 0.446. The number of anilines is 1. The molecule has 2 aliphatic rings. The Bertz CT molecular complexity index is 1520. The molecule has 1 atom stereocenters. The predicted molar refractivity (Wildman–Crippen MR) is 162 cm³/mol. The Kier molecular flexibility index (Phi) is 9.04. The third-order valence-corrected chi connectivity index (χ3v) is 10.4. The first-order valence-corrected chi connectivity index (χ1v) is 15.2. The number of nitriles is 3. The number of carbonyl (C=O) groups is 1. The minimum atomic E-state index is -0.408. The van der Waals surface area contributed by atoms with E-state index in [1.165, 1.54) is 37.9 Å². The van der Waals surface area contributed by atoms with Crippen molar-refractivity contribution in [1.82, 2.24) is 4.90 Å². The van der Waals surface area contributed by atoms with E-state index in [0.29, 0.717) is 0 Å². The van der Waals surface area contributed by atoms with Crippen LogP contribution in [0.5, 0.6) is 0 Å². The van der Waals surface area contributed by atoms with Crippen LogP contribution in [0.4, 0.5) is 5.69 Å². The Labute approximate surface area is 242 Å². The Balaban J connectivity index is 1.58. The summed E-state index contributed by atoms with van der Waals surface area (Å²) in [6.45, 7) is 8.52. The minimum absolute atomic E-state index is 0.0472. The van der Waals surface area contributed by atoms with Gasteiger partial charge in [0.15, 0.2) is 5.57 Å². The lowest BCUT2D eigenvalue weighted by Crippen LogP contribution is -2.21. The summed E-state index contributed by atoms with van der Waals surface area (Å²) in [5.41, 5.74) is 2.51. The van der Waals surface area contributed by atoms with E-state index in [4.69, 9.17) is 0 Å². The number of thiophene rings is 1. The molecule has 0 saturated carbocycles. The molecule has 0 bridgehead atoms. The number of hydrogen-bond donors (Lipinski definition) is 0. The molecule has 1 amide bonds. The normalized spacial score (nSPS) is 18.5. The molecule has 9 heteroatoms. The van der Waals surface area contributed by atoms with E-state index in [1.807, 2.05) is 23.9 Å². The number of amides is 1. The smallest absolute Gasteiger partial charge is 0.259 e. The van der Waals surface area contributed by atoms with E-state index in [1.54, 1.807) is 41.3 Å². The summed E-state index contributed by atoms with van der Waals surface area (Å²) in [6, 6.07) is 16.5. The van der Waals surface area contributed by atoms with Crippen LogP contribution in [0.15, 0.2) is 69.8 Å². The highest BCUT2D eigenvalue weighted by molar-refractivity contribution is 8.08. The third-order valence-electron chi connectivity index (χ3n) is 6.57. The Morgan fingerprint density at radius 1 is 1.13 bits per heavy atom. The number of nitrogens with zero attached hydrogens (tertiary/aromatic N) is 5. The number of carbonyl (C=O) groups excluding carboxylic acids is 1. The lowest BCUT2D eigenvalue weighted by atomic mass is 10.1. The van der Waals surface area contributed by atoms with Crippen molar-refractivity contribution in [2.24, 2.45) is 0 Å². The molecule has 6 nitrogen and oxygen atoms in total. The number of thioether (sulfide) groups is 2. The van der Waals surface area contributed by atoms with Gasteiger partial charge in [-0.1, -0.05) is 18.2 Å². The molecule has 0 N–H and O–H groups in total. The zero-order valence-corrected chi connectivity index (χ0v) is 24.6. The second-order valence-corrected chi connectivity index (χ2v) is 12.3. The third kappa shape index (κ3) is 5.70. The van der Waals surface area contributed by atoms with Gasteiger partial charge in [0.05, 0.1) is 16.8 Å². The van der Waals surface area contributed by atoms with E-state index in [9.17, 15) is 20.6 Å². The molecule has 2 aromatic rings. The van der Waals surface area contributed by atoms with Gasteiger partial charge >= 0.3 is 0 Å². The average molecular weight is 570 g/mol. The molecule has 1 aromatic carbocycles. The molecule has 0 fully saturated rings. The topological polar surface area (TPSA) is 94.9 Å². The summed E-state index contributed by atoms with van der Waals surface area (Å²) in [5, 5.41) is 28.5. The average Bonchev–Trinajstić information content (AvgIpc) is 3.45. The van der Waals surface area contributed by atoms with Crippen molar-refractivity contribution in [1.29, 1.82) is 15.8 Å². The fourth-order valence-corrected chi connectivity index (χ4v) is 8.30. The van der Waals surface area contributed by atoms with Gasteiger partial charge in [-0.05, 0) is 56.7 Å². The summed E-state index contributed by atoms with van der Waals surface area (Å²) in [7, 11) is 1.47. The Hall–Kier alpha value is -3.68. The van der Waals surface area contributed by atoms with E-state index in [2.05, 4.69) is 62.1 Å². The molecule has 0 spiro atoms. The standard InChI is InChI=1S/C30H27N5OS3/c1-5-35(6-2)22-9-7-20(8-10-22)26-13-14-37-27-15-23(39-29(27)19(3)38-26)11-12-24-25(18-33)28(21(16-31)17-32)34(4)30(24)36/h7-13,15,19H,5-6,14H2,1-4H3/b12-11+,26-13-. The molecule has 0 radical (unpaired) electrons. The van der Waals surface area contributed by atoms with Crippen LogP contribution in [0, 0.1) is 34.0 Å². The molecule has 4 rings (SSSR count). The predicted octanol–water partition coefficient (Wildman–Crippen LogP) is 7.14. The van der Waals surface area contributed by atoms with Crippen LogP contribution in [0.3, 0.4) is 0 Å². The van der Waals surface area contributed by atoms with E-state index >= 15 is 0 Å². The molecule has 196 valence electrons.